The molecule has 1 N–H and O–H groups in total. The van der Waals surface area contributed by atoms with Crippen LogP contribution in [0.5, 0.6) is 0 Å². The second-order valence-corrected chi connectivity index (χ2v) is 3.47. The summed E-state index contributed by atoms with van der Waals surface area (Å²) in [5.41, 5.74) is 0.845. The largest absolute Gasteiger partial charge is 0.481 e. The summed E-state index contributed by atoms with van der Waals surface area (Å²) in [6.07, 6.45) is 3.70. The van der Waals surface area contributed by atoms with E-state index in [1.54, 1.807) is 24.1 Å². The van der Waals surface area contributed by atoms with Crippen molar-refractivity contribution in [2.45, 2.75) is 12.5 Å². The smallest absolute Gasteiger partial charge is 0.309 e. The van der Waals surface area contributed by atoms with E-state index in [0.29, 0.717) is 13.0 Å². The maximum Gasteiger partial charge on any atom is 0.309 e. The van der Waals surface area contributed by atoms with Crippen molar-refractivity contribution in [1.82, 2.24) is 9.78 Å². The van der Waals surface area contributed by atoms with Gasteiger partial charge in [-0.25, -0.2) is 0 Å². The van der Waals surface area contributed by atoms with E-state index in [9.17, 15) is 4.79 Å². The van der Waals surface area contributed by atoms with Crippen molar-refractivity contribution < 1.29 is 14.6 Å². The highest BCUT2D eigenvalue weighted by molar-refractivity contribution is 5.71. The first-order valence-corrected chi connectivity index (χ1v) is 4.51. The monoisotopic (exact) mass is 196 g/mol. The van der Waals surface area contributed by atoms with Crippen LogP contribution < -0.4 is 0 Å². The van der Waals surface area contributed by atoms with Crippen molar-refractivity contribution in [3.63, 3.8) is 0 Å². The van der Waals surface area contributed by atoms with Gasteiger partial charge in [0.15, 0.2) is 0 Å². The number of carboxylic acids is 1. The Bertz CT molecular complexity index is 348. The second-order valence-electron chi connectivity index (χ2n) is 3.47. The number of nitrogens with zero attached hydrogens (tertiary/aromatic N) is 2. The van der Waals surface area contributed by atoms with E-state index in [-0.39, 0.29) is 6.10 Å². The first-order valence-electron chi connectivity index (χ1n) is 4.51. The molecule has 2 atom stereocenters. The Morgan fingerprint density at radius 1 is 1.79 bits per heavy atom. The van der Waals surface area contributed by atoms with Crippen LogP contribution in [0.15, 0.2) is 12.4 Å². The Balaban J connectivity index is 2.21. The van der Waals surface area contributed by atoms with E-state index in [1.807, 2.05) is 0 Å². The highest BCUT2D eigenvalue weighted by Crippen LogP contribution is 2.34. The molecule has 5 nitrogen and oxygen atoms in total. The molecular formula is C9H12N2O3. The molecule has 1 saturated heterocycles. The highest BCUT2D eigenvalue weighted by Gasteiger charge is 2.35. The Labute approximate surface area is 81.3 Å². The van der Waals surface area contributed by atoms with E-state index in [2.05, 4.69) is 5.10 Å². The van der Waals surface area contributed by atoms with Crippen LogP contribution >= 0.6 is 0 Å². The van der Waals surface area contributed by atoms with Gasteiger partial charge in [0.1, 0.15) is 0 Å². The van der Waals surface area contributed by atoms with Crippen LogP contribution in [0.3, 0.4) is 0 Å². The van der Waals surface area contributed by atoms with Gasteiger partial charge in [0.05, 0.1) is 18.2 Å². The van der Waals surface area contributed by atoms with E-state index < -0.39 is 11.9 Å². The molecule has 2 heterocycles. The van der Waals surface area contributed by atoms with Crippen molar-refractivity contribution in [3.8, 4) is 0 Å². The summed E-state index contributed by atoms with van der Waals surface area (Å²) in [7, 11) is 1.80. The number of carbonyl (C=O) groups is 1. The van der Waals surface area contributed by atoms with Gasteiger partial charge >= 0.3 is 5.97 Å². The predicted molar refractivity (Wildman–Crippen MR) is 47.6 cm³/mol. The van der Waals surface area contributed by atoms with E-state index in [1.165, 1.54) is 0 Å². The highest BCUT2D eigenvalue weighted by atomic mass is 16.5. The van der Waals surface area contributed by atoms with E-state index in [0.717, 1.165) is 5.56 Å². The number of aliphatic carboxylic acids is 1. The Hall–Kier alpha value is -1.36. The van der Waals surface area contributed by atoms with Crippen LogP contribution in [-0.4, -0.2) is 27.5 Å². The molecule has 1 aliphatic rings. The molecule has 76 valence electrons. The quantitative estimate of drug-likeness (QED) is 0.751. The third kappa shape index (κ3) is 1.50. The standard InChI is InChI=1S/C9H12N2O3/c1-11-5-6(4-10-11)8-7(9(12)13)2-3-14-8/h4-5,7-8H,2-3H2,1H3,(H,12,13)/t7-,8-/m0/s1. The molecule has 0 bridgehead atoms. The Morgan fingerprint density at radius 2 is 2.57 bits per heavy atom. The van der Waals surface area contributed by atoms with Crippen LogP contribution in [0.1, 0.15) is 18.1 Å². The molecule has 0 aliphatic carbocycles. The number of aryl methyl sites for hydroxylation is 1. The minimum absolute atomic E-state index is 0.332. The normalized spacial score (nSPS) is 26.6. The van der Waals surface area contributed by atoms with Gasteiger partial charge in [0.25, 0.3) is 0 Å². The van der Waals surface area contributed by atoms with Crippen LogP contribution in [0, 0.1) is 5.92 Å². The third-order valence-corrected chi connectivity index (χ3v) is 2.46. The Morgan fingerprint density at radius 3 is 3.14 bits per heavy atom. The van der Waals surface area contributed by atoms with Crippen molar-refractivity contribution in [1.29, 1.82) is 0 Å². The predicted octanol–water partition coefficient (Wildman–Crippen LogP) is 0.582. The minimum atomic E-state index is -0.795. The average molecular weight is 196 g/mol. The number of hydrogen-bond donors (Lipinski definition) is 1. The van der Waals surface area contributed by atoms with Crippen molar-refractivity contribution in [2.75, 3.05) is 6.61 Å². The zero-order valence-corrected chi connectivity index (χ0v) is 7.88. The summed E-state index contributed by atoms with van der Waals surface area (Å²) < 4.78 is 7.04. The molecule has 0 spiro atoms. The van der Waals surface area contributed by atoms with Gasteiger partial charge < -0.3 is 9.84 Å². The maximum absolute atomic E-state index is 10.9. The SMILES string of the molecule is Cn1cc([C@@H]2OCC[C@@H]2C(=O)O)cn1. The summed E-state index contributed by atoms with van der Waals surface area (Å²) >= 11 is 0. The molecule has 0 aromatic carbocycles. The fraction of sp³-hybridized carbons (Fsp3) is 0.556. The lowest BCUT2D eigenvalue weighted by Crippen LogP contribution is -2.17. The molecule has 14 heavy (non-hydrogen) atoms. The fourth-order valence-electron chi connectivity index (χ4n) is 1.76. The summed E-state index contributed by atoms with van der Waals surface area (Å²) in [5, 5.41) is 12.9. The number of aromatic nitrogens is 2. The van der Waals surface area contributed by atoms with Crippen LogP contribution in [0.4, 0.5) is 0 Å². The van der Waals surface area contributed by atoms with Crippen molar-refractivity contribution in [2.24, 2.45) is 13.0 Å². The lowest BCUT2D eigenvalue weighted by molar-refractivity contribution is -0.143. The molecular weight excluding hydrogens is 184 g/mol. The zero-order chi connectivity index (χ0) is 10.1. The van der Waals surface area contributed by atoms with Gasteiger partial charge in [0, 0.05) is 25.4 Å². The molecule has 5 heteroatoms. The van der Waals surface area contributed by atoms with Gasteiger partial charge in [-0.1, -0.05) is 0 Å². The molecule has 1 fully saturated rings. The number of hydrogen-bond acceptors (Lipinski definition) is 3. The molecule has 1 aromatic heterocycles. The summed E-state index contributed by atoms with van der Waals surface area (Å²) in [4.78, 5) is 10.9. The lowest BCUT2D eigenvalue weighted by Gasteiger charge is -2.12. The van der Waals surface area contributed by atoms with E-state index in [4.69, 9.17) is 9.84 Å². The minimum Gasteiger partial charge on any atom is -0.481 e. The van der Waals surface area contributed by atoms with Crippen LogP contribution in [-0.2, 0) is 16.6 Å². The molecule has 0 unspecified atom stereocenters. The van der Waals surface area contributed by atoms with Gasteiger partial charge in [-0.05, 0) is 6.42 Å². The number of ether oxygens (including phenoxy) is 1. The molecule has 0 radical (unpaired) electrons. The molecule has 1 aliphatic heterocycles. The Kier molecular flexibility index (Phi) is 2.25. The molecule has 0 amide bonds. The fourth-order valence-corrected chi connectivity index (χ4v) is 1.76. The average Bonchev–Trinajstić information content (AvgIpc) is 2.70. The summed E-state index contributed by atoms with van der Waals surface area (Å²) in [5.74, 6) is -1.23. The van der Waals surface area contributed by atoms with Gasteiger partial charge in [-0.3, -0.25) is 9.48 Å². The van der Waals surface area contributed by atoms with Crippen LogP contribution in [0.25, 0.3) is 0 Å². The summed E-state index contributed by atoms with van der Waals surface area (Å²) in [6, 6.07) is 0. The van der Waals surface area contributed by atoms with E-state index >= 15 is 0 Å². The number of rotatable bonds is 2. The maximum atomic E-state index is 10.9. The summed E-state index contributed by atoms with van der Waals surface area (Å²) in [6.45, 7) is 0.510. The first kappa shape index (κ1) is 9.21. The first-order chi connectivity index (χ1) is 6.68. The third-order valence-electron chi connectivity index (χ3n) is 2.46. The van der Waals surface area contributed by atoms with Crippen LogP contribution in [0.2, 0.25) is 0 Å². The van der Waals surface area contributed by atoms with Crippen molar-refractivity contribution in [3.05, 3.63) is 18.0 Å². The van der Waals surface area contributed by atoms with Gasteiger partial charge in [-0.2, -0.15) is 5.10 Å². The molecule has 0 saturated carbocycles. The van der Waals surface area contributed by atoms with Crippen molar-refractivity contribution >= 4 is 5.97 Å². The zero-order valence-electron chi connectivity index (χ0n) is 7.88. The van der Waals surface area contributed by atoms with Gasteiger partial charge in [-0.15, -0.1) is 0 Å². The molecule has 1 aromatic rings. The molecule has 2 rings (SSSR count). The lowest BCUT2D eigenvalue weighted by atomic mass is 9.98. The second kappa shape index (κ2) is 3.42. The van der Waals surface area contributed by atoms with Gasteiger partial charge in [0.2, 0.25) is 0 Å². The topological polar surface area (TPSA) is 64.3 Å². The number of carboxylic acid groups (broad SMARTS) is 1.